The molecule has 1 aromatic carbocycles. The van der Waals surface area contributed by atoms with Crippen molar-refractivity contribution >= 4 is 5.69 Å². The lowest BCUT2D eigenvalue weighted by molar-refractivity contribution is 0.273. The van der Waals surface area contributed by atoms with Crippen LogP contribution in [0.25, 0.3) is 0 Å². The van der Waals surface area contributed by atoms with E-state index in [9.17, 15) is 0 Å². The number of ether oxygens (including phenoxy) is 1. The van der Waals surface area contributed by atoms with Crippen molar-refractivity contribution in [3.8, 4) is 5.75 Å². The molecule has 0 spiro atoms. The average molecular weight is 248 g/mol. The first kappa shape index (κ1) is 13.2. The fraction of sp³-hybridized carbons (Fsp3) is 0.600. The summed E-state index contributed by atoms with van der Waals surface area (Å²) in [7, 11) is 1.70. The van der Waals surface area contributed by atoms with Gasteiger partial charge in [0.1, 0.15) is 5.75 Å². The van der Waals surface area contributed by atoms with Crippen LogP contribution in [-0.4, -0.2) is 25.1 Å². The number of methoxy groups -OCH3 is 1. The Morgan fingerprint density at radius 2 is 2.17 bits per heavy atom. The first-order valence-corrected chi connectivity index (χ1v) is 6.84. The zero-order valence-electron chi connectivity index (χ0n) is 11.5. The van der Waals surface area contributed by atoms with E-state index in [1.165, 1.54) is 37.9 Å². The first-order chi connectivity index (χ1) is 8.69. The van der Waals surface area contributed by atoms with Gasteiger partial charge < -0.3 is 10.5 Å². The molecule has 2 N–H and O–H groups in total. The Kier molecular flexibility index (Phi) is 4.48. The summed E-state index contributed by atoms with van der Waals surface area (Å²) in [5, 5.41) is 0. The van der Waals surface area contributed by atoms with Gasteiger partial charge in [-0.15, -0.1) is 0 Å². The minimum absolute atomic E-state index is 0.859. The van der Waals surface area contributed by atoms with E-state index in [0.29, 0.717) is 0 Å². The number of hydrogen-bond donors (Lipinski definition) is 1. The van der Waals surface area contributed by atoms with Crippen molar-refractivity contribution in [1.29, 1.82) is 0 Å². The van der Waals surface area contributed by atoms with Crippen molar-refractivity contribution in [1.82, 2.24) is 4.90 Å². The Bertz CT molecular complexity index is 392. The van der Waals surface area contributed by atoms with Crippen LogP contribution in [0.4, 0.5) is 5.69 Å². The Morgan fingerprint density at radius 1 is 1.33 bits per heavy atom. The van der Waals surface area contributed by atoms with Crippen molar-refractivity contribution in [3.63, 3.8) is 0 Å². The van der Waals surface area contributed by atoms with Gasteiger partial charge in [0.2, 0.25) is 0 Å². The van der Waals surface area contributed by atoms with E-state index in [-0.39, 0.29) is 0 Å². The molecule has 0 amide bonds. The highest BCUT2D eigenvalue weighted by atomic mass is 16.5. The highest BCUT2D eigenvalue weighted by Gasteiger charge is 2.15. The highest BCUT2D eigenvalue weighted by molar-refractivity contribution is 5.50. The third kappa shape index (κ3) is 3.39. The third-order valence-electron chi connectivity index (χ3n) is 3.85. The van der Waals surface area contributed by atoms with Crippen LogP contribution in [0.15, 0.2) is 18.2 Å². The molecule has 1 atom stereocenters. The summed E-state index contributed by atoms with van der Waals surface area (Å²) in [6.07, 6.45) is 3.94. The Morgan fingerprint density at radius 3 is 2.94 bits per heavy atom. The number of nitrogens with two attached hydrogens (primary N) is 1. The summed E-state index contributed by atoms with van der Waals surface area (Å²) in [5.41, 5.74) is 8.10. The number of nitrogen functional groups attached to an aromatic ring is 1. The van der Waals surface area contributed by atoms with Gasteiger partial charge in [-0.3, -0.25) is 4.90 Å². The van der Waals surface area contributed by atoms with Crippen molar-refractivity contribution in [2.75, 3.05) is 25.9 Å². The van der Waals surface area contributed by atoms with Gasteiger partial charge in [-0.25, -0.2) is 0 Å². The molecule has 1 saturated heterocycles. The van der Waals surface area contributed by atoms with Crippen LogP contribution in [0.5, 0.6) is 5.75 Å². The lowest BCUT2D eigenvalue weighted by Crippen LogP contribution is -2.24. The van der Waals surface area contributed by atoms with E-state index >= 15 is 0 Å². The normalized spacial score (nSPS) is 21.6. The van der Waals surface area contributed by atoms with E-state index in [0.717, 1.165) is 23.9 Å². The highest BCUT2D eigenvalue weighted by Crippen LogP contribution is 2.23. The lowest BCUT2D eigenvalue weighted by Gasteiger charge is -2.21. The summed E-state index contributed by atoms with van der Waals surface area (Å²) >= 11 is 0. The first-order valence-electron chi connectivity index (χ1n) is 6.84. The molecular weight excluding hydrogens is 224 g/mol. The summed E-state index contributed by atoms with van der Waals surface area (Å²) in [6.45, 7) is 5.65. The second-order valence-electron chi connectivity index (χ2n) is 5.38. The average Bonchev–Trinajstić information content (AvgIpc) is 2.57. The van der Waals surface area contributed by atoms with Gasteiger partial charge in [0, 0.05) is 12.2 Å². The molecule has 0 aromatic heterocycles. The third-order valence-corrected chi connectivity index (χ3v) is 3.85. The van der Waals surface area contributed by atoms with Crippen LogP contribution in [0.2, 0.25) is 0 Å². The Balaban J connectivity index is 2.03. The van der Waals surface area contributed by atoms with E-state index in [2.05, 4.69) is 17.9 Å². The molecule has 1 unspecified atom stereocenters. The summed E-state index contributed by atoms with van der Waals surface area (Å²) in [5.74, 6) is 1.75. The zero-order chi connectivity index (χ0) is 13.0. The van der Waals surface area contributed by atoms with Crippen LogP contribution in [0.1, 0.15) is 31.7 Å². The predicted molar refractivity (Wildman–Crippen MR) is 75.7 cm³/mol. The van der Waals surface area contributed by atoms with Crippen LogP contribution in [-0.2, 0) is 6.54 Å². The summed E-state index contributed by atoms with van der Waals surface area (Å²) in [4.78, 5) is 2.51. The van der Waals surface area contributed by atoms with Crippen molar-refractivity contribution in [3.05, 3.63) is 23.8 Å². The molecule has 0 saturated carbocycles. The minimum atomic E-state index is 0.859. The largest absolute Gasteiger partial charge is 0.497 e. The van der Waals surface area contributed by atoms with Crippen LogP contribution >= 0.6 is 0 Å². The Labute approximate surface area is 110 Å². The molecule has 2 rings (SSSR count). The van der Waals surface area contributed by atoms with Crippen LogP contribution < -0.4 is 10.5 Å². The second-order valence-corrected chi connectivity index (χ2v) is 5.38. The van der Waals surface area contributed by atoms with Gasteiger partial charge in [0.15, 0.2) is 0 Å². The topological polar surface area (TPSA) is 38.5 Å². The molecule has 0 aliphatic carbocycles. The monoisotopic (exact) mass is 248 g/mol. The van der Waals surface area contributed by atoms with Gasteiger partial charge in [0.05, 0.1) is 7.11 Å². The summed E-state index contributed by atoms with van der Waals surface area (Å²) < 4.78 is 5.27. The molecule has 0 bridgehead atoms. The number of nitrogens with zero attached hydrogens (tertiary/aromatic N) is 1. The standard InChI is InChI=1S/C15H24N2O/c1-12-4-3-8-17(9-7-12)11-13-10-14(18-2)5-6-15(13)16/h5-6,10,12H,3-4,7-9,11,16H2,1-2H3. The number of anilines is 1. The second kappa shape index (κ2) is 6.10. The predicted octanol–water partition coefficient (Wildman–Crippen LogP) is 2.90. The van der Waals surface area contributed by atoms with E-state index < -0.39 is 0 Å². The molecule has 1 aromatic rings. The van der Waals surface area contributed by atoms with E-state index in [1.807, 2.05) is 12.1 Å². The van der Waals surface area contributed by atoms with Gasteiger partial charge in [-0.2, -0.15) is 0 Å². The minimum Gasteiger partial charge on any atom is -0.497 e. The summed E-state index contributed by atoms with van der Waals surface area (Å²) in [6, 6.07) is 5.92. The van der Waals surface area contributed by atoms with Gasteiger partial charge in [-0.1, -0.05) is 6.92 Å². The van der Waals surface area contributed by atoms with E-state index in [4.69, 9.17) is 10.5 Å². The van der Waals surface area contributed by atoms with Crippen molar-refractivity contribution in [2.24, 2.45) is 5.92 Å². The molecule has 18 heavy (non-hydrogen) atoms. The lowest BCUT2D eigenvalue weighted by atomic mass is 10.0. The molecule has 0 radical (unpaired) electrons. The van der Waals surface area contributed by atoms with Crippen LogP contribution in [0, 0.1) is 5.92 Å². The number of likely N-dealkylation sites (tertiary alicyclic amines) is 1. The SMILES string of the molecule is COc1ccc(N)c(CN2CCCC(C)CC2)c1. The fourth-order valence-electron chi connectivity index (χ4n) is 2.57. The maximum Gasteiger partial charge on any atom is 0.119 e. The molecule has 100 valence electrons. The number of rotatable bonds is 3. The molecule has 1 aliphatic heterocycles. The number of benzene rings is 1. The maximum absolute atomic E-state index is 6.05. The van der Waals surface area contributed by atoms with Crippen LogP contribution in [0.3, 0.4) is 0 Å². The van der Waals surface area contributed by atoms with Crippen molar-refractivity contribution < 1.29 is 4.74 Å². The quantitative estimate of drug-likeness (QED) is 0.836. The number of hydrogen-bond acceptors (Lipinski definition) is 3. The van der Waals surface area contributed by atoms with Gasteiger partial charge in [0.25, 0.3) is 0 Å². The molecular formula is C15H24N2O. The molecule has 3 nitrogen and oxygen atoms in total. The van der Waals surface area contributed by atoms with E-state index in [1.54, 1.807) is 7.11 Å². The smallest absolute Gasteiger partial charge is 0.119 e. The molecule has 1 aliphatic rings. The van der Waals surface area contributed by atoms with Gasteiger partial charge >= 0.3 is 0 Å². The zero-order valence-corrected chi connectivity index (χ0v) is 11.5. The molecule has 1 heterocycles. The maximum atomic E-state index is 6.05. The van der Waals surface area contributed by atoms with Crippen molar-refractivity contribution in [2.45, 2.75) is 32.7 Å². The van der Waals surface area contributed by atoms with Gasteiger partial charge in [-0.05, 0) is 62.0 Å². The Hall–Kier alpha value is -1.22. The fourth-order valence-corrected chi connectivity index (χ4v) is 2.57. The molecule has 3 heteroatoms. The molecule has 1 fully saturated rings.